The maximum atomic E-state index is 13.5. The number of carbonyl (C=O) groups excluding carboxylic acids is 1. The first-order valence-corrected chi connectivity index (χ1v) is 11.8. The zero-order valence-electron chi connectivity index (χ0n) is 18.6. The van der Waals surface area contributed by atoms with E-state index >= 15 is 0 Å². The molecule has 4 rings (SSSR count). The van der Waals surface area contributed by atoms with Gasteiger partial charge in [-0.3, -0.25) is 14.7 Å². The number of amides is 1. The molecule has 31 heavy (non-hydrogen) atoms. The molecule has 2 aromatic rings. The SMILES string of the molecule is Cc1ccc(C(=O)NCC2CCCCC2)c(C2CCN(Cc3cccc(F)c3)CC2)n1. The van der Waals surface area contributed by atoms with Crippen LogP contribution in [0.25, 0.3) is 0 Å². The molecule has 1 aliphatic heterocycles. The average molecular weight is 424 g/mol. The number of likely N-dealkylation sites (tertiary alicyclic amines) is 1. The number of aromatic nitrogens is 1. The minimum absolute atomic E-state index is 0.0234. The van der Waals surface area contributed by atoms with Crippen LogP contribution in [0, 0.1) is 18.7 Å². The van der Waals surface area contributed by atoms with Gasteiger partial charge in [-0.05, 0) is 81.4 Å². The molecule has 1 saturated heterocycles. The minimum atomic E-state index is -0.180. The molecule has 4 nitrogen and oxygen atoms in total. The highest BCUT2D eigenvalue weighted by molar-refractivity contribution is 5.95. The van der Waals surface area contributed by atoms with Crippen molar-refractivity contribution in [3.8, 4) is 0 Å². The monoisotopic (exact) mass is 423 g/mol. The Morgan fingerprint density at radius 1 is 1.10 bits per heavy atom. The van der Waals surface area contributed by atoms with Gasteiger partial charge in [0.2, 0.25) is 0 Å². The van der Waals surface area contributed by atoms with Crippen LogP contribution in [0.1, 0.15) is 78.2 Å². The Labute approximate surface area is 185 Å². The lowest BCUT2D eigenvalue weighted by Crippen LogP contribution is -2.35. The Morgan fingerprint density at radius 2 is 1.87 bits per heavy atom. The fourth-order valence-corrected chi connectivity index (χ4v) is 5.06. The fraction of sp³-hybridized carbons (Fsp3) is 0.538. The van der Waals surface area contributed by atoms with Crippen LogP contribution in [0.3, 0.4) is 0 Å². The standard InChI is InChI=1S/C26H34FN3O/c1-19-10-11-24(26(31)28-17-20-6-3-2-4-7-20)25(29-19)22-12-14-30(15-13-22)18-21-8-5-9-23(27)16-21/h5,8-11,16,20,22H,2-4,6-7,12-15,17-18H2,1H3,(H,28,31). The second-order valence-electron chi connectivity index (χ2n) is 9.28. The van der Waals surface area contributed by atoms with E-state index in [1.54, 1.807) is 12.1 Å². The van der Waals surface area contributed by atoms with Crippen LogP contribution >= 0.6 is 0 Å². The van der Waals surface area contributed by atoms with Crippen molar-refractivity contribution >= 4 is 5.91 Å². The first-order chi connectivity index (χ1) is 15.1. The lowest BCUT2D eigenvalue weighted by Gasteiger charge is -2.32. The summed E-state index contributed by atoms with van der Waals surface area (Å²) >= 11 is 0. The van der Waals surface area contributed by atoms with Gasteiger partial charge in [-0.1, -0.05) is 31.4 Å². The van der Waals surface area contributed by atoms with Crippen LogP contribution in [-0.2, 0) is 6.54 Å². The van der Waals surface area contributed by atoms with E-state index in [2.05, 4.69) is 10.2 Å². The molecule has 1 aromatic carbocycles. The molecule has 1 amide bonds. The van der Waals surface area contributed by atoms with Gasteiger partial charge < -0.3 is 5.32 Å². The van der Waals surface area contributed by atoms with E-state index in [9.17, 15) is 9.18 Å². The smallest absolute Gasteiger partial charge is 0.253 e. The summed E-state index contributed by atoms with van der Waals surface area (Å²) in [6, 6.07) is 10.7. The largest absolute Gasteiger partial charge is 0.352 e. The third-order valence-corrected chi connectivity index (χ3v) is 6.85. The predicted octanol–water partition coefficient (Wildman–Crippen LogP) is 5.22. The molecule has 1 aromatic heterocycles. The van der Waals surface area contributed by atoms with Gasteiger partial charge in [-0.2, -0.15) is 0 Å². The predicted molar refractivity (Wildman–Crippen MR) is 122 cm³/mol. The van der Waals surface area contributed by atoms with Crippen LogP contribution < -0.4 is 5.32 Å². The lowest BCUT2D eigenvalue weighted by molar-refractivity contribution is 0.0940. The summed E-state index contributed by atoms with van der Waals surface area (Å²) in [5.41, 5.74) is 3.66. The number of halogens is 1. The minimum Gasteiger partial charge on any atom is -0.352 e. The number of carbonyl (C=O) groups is 1. The van der Waals surface area contributed by atoms with Crippen molar-refractivity contribution in [2.75, 3.05) is 19.6 Å². The Bertz CT molecular complexity index is 886. The quantitative estimate of drug-likeness (QED) is 0.693. The van der Waals surface area contributed by atoms with Gasteiger partial charge in [0.15, 0.2) is 0 Å². The zero-order valence-corrected chi connectivity index (χ0v) is 18.6. The van der Waals surface area contributed by atoms with E-state index in [0.717, 1.165) is 61.5 Å². The van der Waals surface area contributed by atoms with Crippen LogP contribution in [0.2, 0.25) is 0 Å². The van der Waals surface area contributed by atoms with Gasteiger partial charge in [-0.25, -0.2) is 4.39 Å². The summed E-state index contributed by atoms with van der Waals surface area (Å²) in [4.78, 5) is 20.2. The van der Waals surface area contributed by atoms with Gasteiger partial charge >= 0.3 is 0 Å². The highest BCUT2D eigenvalue weighted by Crippen LogP contribution is 2.30. The molecule has 0 bridgehead atoms. The Kier molecular flexibility index (Phi) is 7.33. The van der Waals surface area contributed by atoms with Gasteiger partial charge in [0.25, 0.3) is 5.91 Å². The molecular formula is C26H34FN3O. The normalized spacial score (nSPS) is 18.8. The second-order valence-corrected chi connectivity index (χ2v) is 9.28. The van der Waals surface area contributed by atoms with E-state index in [4.69, 9.17) is 4.98 Å². The van der Waals surface area contributed by atoms with Crippen molar-refractivity contribution in [1.29, 1.82) is 0 Å². The molecule has 0 radical (unpaired) electrons. The number of piperidine rings is 1. The molecule has 2 aliphatic rings. The summed E-state index contributed by atoms with van der Waals surface area (Å²) in [5.74, 6) is 0.750. The number of nitrogens with one attached hydrogen (secondary N) is 1. The van der Waals surface area contributed by atoms with Gasteiger partial charge in [0, 0.05) is 24.7 Å². The van der Waals surface area contributed by atoms with Crippen LogP contribution in [0.15, 0.2) is 36.4 Å². The van der Waals surface area contributed by atoms with Crippen LogP contribution in [-0.4, -0.2) is 35.4 Å². The summed E-state index contributed by atoms with van der Waals surface area (Å²) in [5, 5.41) is 3.19. The Hall–Kier alpha value is -2.27. The molecule has 5 heteroatoms. The van der Waals surface area contributed by atoms with E-state index in [1.165, 1.54) is 38.2 Å². The fourth-order valence-electron chi connectivity index (χ4n) is 5.06. The number of rotatable bonds is 6. The molecule has 1 aliphatic carbocycles. The molecule has 1 N–H and O–H groups in total. The summed E-state index contributed by atoms with van der Waals surface area (Å²) in [6.07, 6.45) is 8.28. The summed E-state index contributed by atoms with van der Waals surface area (Å²) in [6.45, 7) is 5.39. The highest BCUT2D eigenvalue weighted by Gasteiger charge is 2.26. The van der Waals surface area contributed by atoms with Crippen molar-refractivity contribution in [2.24, 2.45) is 5.92 Å². The molecule has 0 spiro atoms. The van der Waals surface area contributed by atoms with Crippen molar-refractivity contribution in [1.82, 2.24) is 15.2 Å². The van der Waals surface area contributed by atoms with E-state index < -0.39 is 0 Å². The molecule has 2 heterocycles. The third-order valence-electron chi connectivity index (χ3n) is 6.85. The number of aryl methyl sites for hydroxylation is 1. The highest BCUT2D eigenvalue weighted by atomic mass is 19.1. The van der Waals surface area contributed by atoms with Crippen molar-refractivity contribution < 1.29 is 9.18 Å². The van der Waals surface area contributed by atoms with Crippen LogP contribution in [0.5, 0.6) is 0 Å². The number of pyridine rings is 1. The molecule has 166 valence electrons. The zero-order chi connectivity index (χ0) is 21.6. The van der Waals surface area contributed by atoms with E-state index in [-0.39, 0.29) is 11.7 Å². The molecule has 1 saturated carbocycles. The molecule has 0 unspecified atom stereocenters. The van der Waals surface area contributed by atoms with Crippen molar-refractivity contribution in [2.45, 2.75) is 64.3 Å². The first-order valence-electron chi connectivity index (χ1n) is 11.8. The van der Waals surface area contributed by atoms with Gasteiger partial charge in [0.1, 0.15) is 5.82 Å². The number of hydrogen-bond donors (Lipinski definition) is 1. The van der Waals surface area contributed by atoms with Gasteiger partial charge in [-0.15, -0.1) is 0 Å². The van der Waals surface area contributed by atoms with Crippen molar-refractivity contribution in [3.05, 3.63) is 64.7 Å². The molecular weight excluding hydrogens is 389 g/mol. The van der Waals surface area contributed by atoms with Crippen molar-refractivity contribution in [3.63, 3.8) is 0 Å². The number of hydrogen-bond acceptors (Lipinski definition) is 3. The number of benzene rings is 1. The Balaban J connectivity index is 1.37. The van der Waals surface area contributed by atoms with E-state index in [1.807, 2.05) is 25.1 Å². The van der Waals surface area contributed by atoms with Gasteiger partial charge in [0.05, 0.1) is 11.3 Å². The number of nitrogens with zero attached hydrogens (tertiary/aromatic N) is 2. The maximum absolute atomic E-state index is 13.5. The topological polar surface area (TPSA) is 45.2 Å². The van der Waals surface area contributed by atoms with E-state index in [0.29, 0.717) is 11.8 Å². The molecule has 0 atom stereocenters. The maximum Gasteiger partial charge on any atom is 0.253 e. The average Bonchev–Trinajstić information content (AvgIpc) is 2.79. The second kappa shape index (κ2) is 10.4. The summed E-state index contributed by atoms with van der Waals surface area (Å²) < 4.78 is 13.5. The summed E-state index contributed by atoms with van der Waals surface area (Å²) in [7, 11) is 0. The lowest BCUT2D eigenvalue weighted by atomic mass is 9.88. The first kappa shape index (κ1) is 21.9. The molecule has 2 fully saturated rings. The van der Waals surface area contributed by atoms with Crippen LogP contribution in [0.4, 0.5) is 4.39 Å². The Morgan fingerprint density at radius 3 is 2.61 bits per heavy atom. The third kappa shape index (κ3) is 5.91.